The van der Waals surface area contributed by atoms with Crippen molar-refractivity contribution in [1.82, 2.24) is 14.8 Å². The summed E-state index contributed by atoms with van der Waals surface area (Å²) in [5.41, 5.74) is 3.74. The Hall–Kier alpha value is -3.38. The molecule has 5 nitrogen and oxygen atoms in total. The number of hydrogen-bond donors (Lipinski definition) is 0. The molecule has 0 fully saturated rings. The summed E-state index contributed by atoms with van der Waals surface area (Å²) in [6.07, 6.45) is 1.62. The van der Waals surface area contributed by atoms with Crippen molar-refractivity contribution in [3.05, 3.63) is 90.8 Å². The van der Waals surface area contributed by atoms with Crippen molar-refractivity contribution in [3.8, 4) is 22.6 Å². The van der Waals surface area contributed by atoms with Crippen LogP contribution in [0, 0.1) is 0 Å². The molecule has 0 aliphatic carbocycles. The molecule has 1 aromatic heterocycles. The molecule has 0 amide bonds. The topological polar surface area (TPSA) is 57.0 Å². The van der Waals surface area contributed by atoms with E-state index in [0.29, 0.717) is 10.7 Å². The van der Waals surface area contributed by atoms with E-state index in [1.165, 1.54) is 11.8 Å². The Morgan fingerprint density at radius 2 is 1.62 bits per heavy atom. The van der Waals surface area contributed by atoms with Crippen LogP contribution in [0.1, 0.15) is 10.4 Å². The molecule has 1 heterocycles. The summed E-state index contributed by atoms with van der Waals surface area (Å²) in [4.78, 5) is 12.7. The first-order valence-electron chi connectivity index (χ1n) is 9.11. The Kier molecular flexibility index (Phi) is 5.72. The van der Waals surface area contributed by atoms with Crippen LogP contribution in [0.5, 0.6) is 5.75 Å². The SMILES string of the molecule is COc1ccccc1-n1cnnc1SCC(=O)c1ccc(-c2ccccc2)cc1. The van der Waals surface area contributed by atoms with Crippen LogP contribution in [0.25, 0.3) is 16.8 Å². The molecular formula is C23H19N3O2S. The zero-order chi connectivity index (χ0) is 20.1. The number of aromatic nitrogens is 3. The number of carbonyl (C=O) groups excluding carboxylic acids is 1. The number of rotatable bonds is 7. The summed E-state index contributed by atoms with van der Waals surface area (Å²) in [7, 11) is 1.62. The molecule has 0 unspecified atom stereocenters. The molecule has 4 rings (SSSR count). The number of benzene rings is 3. The predicted molar refractivity (Wildman–Crippen MR) is 115 cm³/mol. The molecule has 0 saturated heterocycles. The Balaban J connectivity index is 1.46. The Morgan fingerprint density at radius 1 is 0.931 bits per heavy atom. The fourth-order valence-corrected chi connectivity index (χ4v) is 3.83. The lowest BCUT2D eigenvalue weighted by molar-refractivity contribution is 0.102. The zero-order valence-electron chi connectivity index (χ0n) is 15.9. The van der Waals surface area contributed by atoms with E-state index in [9.17, 15) is 4.79 Å². The van der Waals surface area contributed by atoms with Gasteiger partial charge in [0.25, 0.3) is 0 Å². The molecule has 4 aromatic rings. The fraction of sp³-hybridized carbons (Fsp3) is 0.0870. The number of Topliss-reactive ketones (excluding diaryl/α,β-unsaturated/α-hetero) is 1. The fourth-order valence-electron chi connectivity index (χ4n) is 3.01. The smallest absolute Gasteiger partial charge is 0.196 e. The predicted octanol–water partition coefficient (Wildman–Crippen LogP) is 4.92. The monoisotopic (exact) mass is 401 g/mol. The molecule has 0 saturated carbocycles. The molecule has 0 spiro atoms. The second kappa shape index (κ2) is 8.75. The van der Waals surface area contributed by atoms with Crippen LogP contribution in [0.4, 0.5) is 0 Å². The van der Waals surface area contributed by atoms with E-state index in [2.05, 4.69) is 22.3 Å². The normalized spacial score (nSPS) is 10.7. The summed E-state index contributed by atoms with van der Waals surface area (Å²) < 4.78 is 7.24. The highest BCUT2D eigenvalue weighted by Gasteiger charge is 2.14. The molecule has 6 heteroatoms. The summed E-state index contributed by atoms with van der Waals surface area (Å²) >= 11 is 1.36. The summed E-state index contributed by atoms with van der Waals surface area (Å²) in [5, 5.41) is 8.79. The van der Waals surface area contributed by atoms with E-state index in [0.717, 1.165) is 22.6 Å². The summed E-state index contributed by atoms with van der Waals surface area (Å²) in [6, 6.07) is 25.4. The number of para-hydroxylation sites is 2. The maximum Gasteiger partial charge on any atom is 0.196 e. The number of carbonyl (C=O) groups is 1. The van der Waals surface area contributed by atoms with Gasteiger partial charge in [-0.1, -0.05) is 78.5 Å². The lowest BCUT2D eigenvalue weighted by Crippen LogP contribution is -2.04. The van der Waals surface area contributed by atoms with E-state index in [1.807, 2.05) is 71.3 Å². The zero-order valence-corrected chi connectivity index (χ0v) is 16.7. The maximum atomic E-state index is 12.7. The largest absolute Gasteiger partial charge is 0.495 e. The first-order valence-corrected chi connectivity index (χ1v) is 10.1. The van der Waals surface area contributed by atoms with Crippen LogP contribution in [-0.4, -0.2) is 33.4 Å². The molecule has 0 aliphatic heterocycles. The number of ketones is 1. The minimum absolute atomic E-state index is 0.0455. The Bertz CT molecular complexity index is 1110. The van der Waals surface area contributed by atoms with Crippen molar-refractivity contribution in [3.63, 3.8) is 0 Å². The lowest BCUT2D eigenvalue weighted by atomic mass is 10.0. The van der Waals surface area contributed by atoms with Crippen LogP contribution >= 0.6 is 11.8 Å². The maximum absolute atomic E-state index is 12.7. The van der Waals surface area contributed by atoms with Crippen molar-refractivity contribution in [1.29, 1.82) is 0 Å². The van der Waals surface area contributed by atoms with Gasteiger partial charge in [0.05, 0.1) is 18.6 Å². The van der Waals surface area contributed by atoms with Gasteiger partial charge in [0.1, 0.15) is 12.1 Å². The molecule has 0 bridgehead atoms. The summed E-state index contributed by atoms with van der Waals surface area (Å²) in [6.45, 7) is 0. The highest BCUT2D eigenvalue weighted by molar-refractivity contribution is 7.99. The van der Waals surface area contributed by atoms with Gasteiger partial charge < -0.3 is 4.74 Å². The first kappa shape index (κ1) is 19.0. The molecule has 0 atom stereocenters. The van der Waals surface area contributed by atoms with Crippen LogP contribution in [-0.2, 0) is 0 Å². The van der Waals surface area contributed by atoms with E-state index >= 15 is 0 Å². The number of nitrogens with zero attached hydrogens (tertiary/aromatic N) is 3. The molecule has 3 aromatic carbocycles. The Morgan fingerprint density at radius 3 is 2.38 bits per heavy atom. The van der Waals surface area contributed by atoms with Gasteiger partial charge in [-0.25, -0.2) is 0 Å². The van der Waals surface area contributed by atoms with Crippen molar-refractivity contribution >= 4 is 17.5 Å². The van der Waals surface area contributed by atoms with Crippen LogP contribution in [0.15, 0.2) is 90.3 Å². The lowest BCUT2D eigenvalue weighted by Gasteiger charge is -2.10. The molecule has 29 heavy (non-hydrogen) atoms. The van der Waals surface area contributed by atoms with Gasteiger partial charge in [0.15, 0.2) is 10.9 Å². The van der Waals surface area contributed by atoms with Gasteiger partial charge >= 0.3 is 0 Å². The molecule has 0 radical (unpaired) electrons. The number of ether oxygens (including phenoxy) is 1. The number of thioether (sulfide) groups is 1. The van der Waals surface area contributed by atoms with Gasteiger partial charge in [-0.15, -0.1) is 10.2 Å². The average Bonchev–Trinajstić information content (AvgIpc) is 3.26. The highest BCUT2D eigenvalue weighted by Crippen LogP contribution is 2.27. The van der Waals surface area contributed by atoms with E-state index in [4.69, 9.17) is 4.74 Å². The van der Waals surface area contributed by atoms with Crippen molar-refractivity contribution in [2.24, 2.45) is 0 Å². The third-order valence-corrected chi connectivity index (χ3v) is 5.45. The van der Waals surface area contributed by atoms with Gasteiger partial charge in [-0.05, 0) is 23.3 Å². The first-order chi connectivity index (χ1) is 14.3. The molecular weight excluding hydrogens is 382 g/mol. The molecule has 0 N–H and O–H groups in total. The average molecular weight is 401 g/mol. The highest BCUT2D eigenvalue weighted by atomic mass is 32.2. The van der Waals surface area contributed by atoms with E-state index < -0.39 is 0 Å². The van der Waals surface area contributed by atoms with Gasteiger partial charge in [-0.2, -0.15) is 0 Å². The molecule has 0 aliphatic rings. The Labute approximate surface area is 173 Å². The third kappa shape index (κ3) is 4.22. The molecule has 144 valence electrons. The van der Waals surface area contributed by atoms with Gasteiger partial charge in [0, 0.05) is 5.56 Å². The summed E-state index contributed by atoms with van der Waals surface area (Å²) in [5.74, 6) is 1.04. The van der Waals surface area contributed by atoms with Crippen molar-refractivity contribution < 1.29 is 9.53 Å². The van der Waals surface area contributed by atoms with Crippen LogP contribution < -0.4 is 4.74 Å². The van der Waals surface area contributed by atoms with Gasteiger partial charge in [0.2, 0.25) is 0 Å². The third-order valence-electron chi connectivity index (χ3n) is 4.51. The van der Waals surface area contributed by atoms with Crippen LogP contribution in [0.3, 0.4) is 0 Å². The van der Waals surface area contributed by atoms with Crippen molar-refractivity contribution in [2.45, 2.75) is 5.16 Å². The second-order valence-electron chi connectivity index (χ2n) is 6.31. The minimum Gasteiger partial charge on any atom is -0.495 e. The standard InChI is InChI=1S/C23H19N3O2S/c1-28-22-10-6-5-9-20(22)26-16-24-25-23(26)29-15-21(27)19-13-11-18(12-14-19)17-7-3-2-4-8-17/h2-14,16H,15H2,1H3. The second-order valence-corrected chi connectivity index (χ2v) is 7.25. The van der Waals surface area contributed by atoms with Gasteiger partial charge in [-0.3, -0.25) is 9.36 Å². The number of methoxy groups -OCH3 is 1. The quantitative estimate of drug-likeness (QED) is 0.325. The van der Waals surface area contributed by atoms with E-state index in [-0.39, 0.29) is 11.5 Å². The van der Waals surface area contributed by atoms with E-state index in [1.54, 1.807) is 13.4 Å². The van der Waals surface area contributed by atoms with Crippen LogP contribution in [0.2, 0.25) is 0 Å². The number of hydrogen-bond acceptors (Lipinski definition) is 5. The minimum atomic E-state index is 0.0455. The van der Waals surface area contributed by atoms with Crippen molar-refractivity contribution in [2.75, 3.05) is 12.9 Å².